The first-order valence-corrected chi connectivity index (χ1v) is 7.34. The lowest BCUT2D eigenvalue weighted by Gasteiger charge is -2.11. The van der Waals surface area contributed by atoms with Crippen LogP contribution >= 0.6 is 27.3 Å². The zero-order chi connectivity index (χ0) is 13.1. The monoisotopic (exact) mass is 325 g/mol. The number of anilines is 1. The molecule has 0 fully saturated rings. The first kappa shape index (κ1) is 13.4. The smallest absolute Gasteiger partial charge is 0.142 e. The van der Waals surface area contributed by atoms with E-state index in [1.54, 1.807) is 7.11 Å². The fourth-order valence-corrected chi connectivity index (χ4v) is 3.18. The van der Waals surface area contributed by atoms with Crippen molar-refractivity contribution in [2.24, 2.45) is 0 Å². The van der Waals surface area contributed by atoms with Crippen molar-refractivity contribution in [2.75, 3.05) is 12.4 Å². The fourth-order valence-electron chi connectivity index (χ4n) is 1.87. The van der Waals surface area contributed by atoms with Crippen LogP contribution in [0, 0.1) is 13.8 Å². The summed E-state index contributed by atoms with van der Waals surface area (Å²) in [4.78, 5) is 2.72. The van der Waals surface area contributed by atoms with E-state index in [-0.39, 0.29) is 0 Å². The van der Waals surface area contributed by atoms with Crippen LogP contribution in [-0.4, -0.2) is 7.11 Å². The van der Waals surface area contributed by atoms with Gasteiger partial charge in [0.25, 0.3) is 0 Å². The zero-order valence-corrected chi connectivity index (χ0v) is 13.1. The molecule has 0 unspecified atom stereocenters. The van der Waals surface area contributed by atoms with Gasteiger partial charge in [0, 0.05) is 20.8 Å². The van der Waals surface area contributed by atoms with Gasteiger partial charge in [0.15, 0.2) is 0 Å². The van der Waals surface area contributed by atoms with Crippen molar-refractivity contribution in [3.8, 4) is 5.75 Å². The molecule has 96 valence electrons. The summed E-state index contributed by atoms with van der Waals surface area (Å²) >= 11 is 5.31. The maximum Gasteiger partial charge on any atom is 0.142 e. The number of hydrogen-bond acceptors (Lipinski definition) is 3. The molecule has 1 heterocycles. The van der Waals surface area contributed by atoms with Gasteiger partial charge in [-0.25, -0.2) is 0 Å². The Morgan fingerprint density at radius 2 is 2.06 bits per heavy atom. The summed E-state index contributed by atoms with van der Waals surface area (Å²) in [7, 11) is 1.69. The van der Waals surface area contributed by atoms with Gasteiger partial charge >= 0.3 is 0 Å². The van der Waals surface area contributed by atoms with Crippen LogP contribution in [0.3, 0.4) is 0 Å². The van der Waals surface area contributed by atoms with E-state index >= 15 is 0 Å². The summed E-state index contributed by atoms with van der Waals surface area (Å²) in [6.45, 7) is 5.12. The largest absolute Gasteiger partial charge is 0.495 e. The summed E-state index contributed by atoms with van der Waals surface area (Å²) in [6.07, 6.45) is 0. The van der Waals surface area contributed by atoms with Gasteiger partial charge in [0.1, 0.15) is 5.75 Å². The van der Waals surface area contributed by atoms with Crippen LogP contribution in [0.2, 0.25) is 0 Å². The molecule has 0 spiro atoms. The van der Waals surface area contributed by atoms with Crippen molar-refractivity contribution in [1.29, 1.82) is 0 Å². The molecular weight excluding hydrogens is 310 g/mol. The summed E-state index contributed by atoms with van der Waals surface area (Å²) < 4.78 is 6.39. The molecule has 2 rings (SSSR count). The SMILES string of the molecule is COc1ccc(Br)cc1NCc1cc(C)sc1C. The van der Waals surface area contributed by atoms with Crippen LogP contribution in [0.15, 0.2) is 28.7 Å². The molecule has 0 atom stereocenters. The van der Waals surface area contributed by atoms with Crippen molar-refractivity contribution in [1.82, 2.24) is 0 Å². The van der Waals surface area contributed by atoms with Crippen LogP contribution in [0.1, 0.15) is 15.3 Å². The van der Waals surface area contributed by atoms with E-state index in [9.17, 15) is 0 Å². The Bertz CT molecular complexity index is 551. The van der Waals surface area contributed by atoms with Crippen LogP contribution in [0.5, 0.6) is 5.75 Å². The molecular formula is C14H16BrNOS. The Kier molecular flexibility index (Phi) is 4.30. The third-order valence-corrected chi connectivity index (χ3v) is 4.28. The highest BCUT2D eigenvalue weighted by molar-refractivity contribution is 9.10. The number of benzene rings is 1. The van der Waals surface area contributed by atoms with E-state index in [0.717, 1.165) is 22.5 Å². The Hall–Kier alpha value is -1.00. The number of thiophene rings is 1. The van der Waals surface area contributed by atoms with E-state index < -0.39 is 0 Å². The number of nitrogens with one attached hydrogen (secondary N) is 1. The predicted octanol–water partition coefficient (Wildman–Crippen LogP) is 4.75. The quantitative estimate of drug-likeness (QED) is 0.875. The molecule has 18 heavy (non-hydrogen) atoms. The lowest BCUT2D eigenvalue weighted by Crippen LogP contribution is -2.01. The number of rotatable bonds is 4. The molecule has 1 aromatic heterocycles. The van der Waals surface area contributed by atoms with Gasteiger partial charge < -0.3 is 10.1 Å². The Morgan fingerprint density at radius 1 is 1.28 bits per heavy atom. The average molecular weight is 326 g/mol. The maximum atomic E-state index is 5.34. The Morgan fingerprint density at radius 3 is 2.67 bits per heavy atom. The van der Waals surface area contributed by atoms with Crippen LogP contribution in [-0.2, 0) is 6.54 Å². The third-order valence-electron chi connectivity index (χ3n) is 2.77. The van der Waals surface area contributed by atoms with Gasteiger partial charge in [-0.3, -0.25) is 0 Å². The minimum Gasteiger partial charge on any atom is -0.495 e. The number of halogens is 1. The first-order chi connectivity index (χ1) is 8.60. The summed E-state index contributed by atoms with van der Waals surface area (Å²) in [5.41, 5.74) is 2.36. The second kappa shape index (κ2) is 5.76. The highest BCUT2D eigenvalue weighted by Crippen LogP contribution is 2.29. The summed E-state index contributed by atoms with van der Waals surface area (Å²) in [5.74, 6) is 0.864. The second-order valence-electron chi connectivity index (χ2n) is 4.14. The van der Waals surface area contributed by atoms with E-state index in [1.165, 1.54) is 15.3 Å². The molecule has 0 bridgehead atoms. The van der Waals surface area contributed by atoms with E-state index in [4.69, 9.17) is 4.74 Å². The van der Waals surface area contributed by atoms with Crippen molar-refractivity contribution in [3.05, 3.63) is 44.1 Å². The molecule has 0 amide bonds. The van der Waals surface area contributed by atoms with Crippen molar-refractivity contribution in [3.63, 3.8) is 0 Å². The lowest BCUT2D eigenvalue weighted by atomic mass is 10.2. The van der Waals surface area contributed by atoms with Gasteiger partial charge in [-0.05, 0) is 43.7 Å². The van der Waals surface area contributed by atoms with Gasteiger partial charge in [-0.2, -0.15) is 0 Å². The van der Waals surface area contributed by atoms with Gasteiger partial charge in [0.2, 0.25) is 0 Å². The Labute approximate surface area is 120 Å². The lowest BCUT2D eigenvalue weighted by molar-refractivity contribution is 0.416. The molecule has 0 aliphatic rings. The number of hydrogen-bond donors (Lipinski definition) is 1. The molecule has 2 aromatic rings. The van der Waals surface area contributed by atoms with Crippen molar-refractivity contribution >= 4 is 33.0 Å². The zero-order valence-electron chi connectivity index (χ0n) is 10.7. The van der Waals surface area contributed by atoms with E-state index in [1.807, 2.05) is 29.5 Å². The van der Waals surface area contributed by atoms with Gasteiger partial charge in [-0.1, -0.05) is 15.9 Å². The normalized spacial score (nSPS) is 10.4. The molecule has 4 heteroatoms. The molecule has 0 aliphatic carbocycles. The van der Waals surface area contributed by atoms with E-state index in [2.05, 4.69) is 41.2 Å². The molecule has 2 nitrogen and oxygen atoms in total. The predicted molar refractivity (Wildman–Crippen MR) is 81.8 cm³/mol. The number of ether oxygens (including phenoxy) is 1. The maximum absolute atomic E-state index is 5.34. The molecule has 0 saturated heterocycles. The number of methoxy groups -OCH3 is 1. The topological polar surface area (TPSA) is 21.3 Å². The third kappa shape index (κ3) is 3.06. The minimum absolute atomic E-state index is 0.822. The molecule has 1 aromatic carbocycles. The molecule has 0 saturated carbocycles. The van der Waals surface area contributed by atoms with Gasteiger partial charge in [0.05, 0.1) is 12.8 Å². The van der Waals surface area contributed by atoms with Crippen LogP contribution < -0.4 is 10.1 Å². The van der Waals surface area contributed by atoms with E-state index in [0.29, 0.717) is 0 Å². The Balaban J connectivity index is 2.14. The molecule has 0 aliphatic heterocycles. The highest BCUT2D eigenvalue weighted by atomic mass is 79.9. The summed E-state index contributed by atoms with van der Waals surface area (Å²) in [5, 5.41) is 3.43. The second-order valence-corrected chi connectivity index (χ2v) is 6.51. The van der Waals surface area contributed by atoms with Crippen LogP contribution in [0.25, 0.3) is 0 Å². The standard InChI is InChI=1S/C14H16BrNOS/c1-9-6-11(10(2)18-9)8-16-13-7-12(15)4-5-14(13)17-3/h4-7,16H,8H2,1-3H3. The average Bonchev–Trinajstić information content (AvgIpc) is 2.65. The first-order valence-electron chi connectivity index (χ1n) is 5.73. The summed E-state index contributed by atoms with van der Waals surface area (Å²) in [6, 6.07) is 8.20. The van der Waals surface area contributed by atoms with Crippen molar-refractivity contribution in [2.45, 2.75) is 20.4 Å². The highest BCUT2D eigenvalue weighted by Gasteiger charge is 2.06. The number of aryl methyl sites for hydroxylation is 2. The minimum atomic E-state index is 0.822. The molecule has 0 radical (unpaired) electrons. The van der Waals surface area contributed by atoms with Crippen LogP contribution in [0.4, 0.5) is 5.69 Å². The fraction of sp³-hybridized carbons (Fsp3) is 0.286. The van der Waals surface area contributed by atoms with Gasteiger partial charge in [-0.15, -0.1) is 11.3 Å². The van der Waals surface area contributed by atoms with Crippen molar-refractivity contribution < 1.29 is 4.74 Å². The molecule has 1 N–H and O–H groups in total.